The van der Waals surface area contributed by atoms with Crippen LogP contribution in [-0.4, -0.2) is 25.7 Å². The molecule has 1 aromatic carbocycles. The van der Waals surface area contributed by atoms with Crippen LogP contribution in [0.3, 0.4) is 0 Å². The van der Waals surface area contributed by atoms with Gasteiger partial charge in [0.25, 0.3) is 0 Å². The zero-order chi connectivity index (χ0) is 15.2. The third kappa shape index (κ3) is 4.08. The highest BCUT2D eigenvalue weighted by Crippen LogP contribution is 2.21. The molecule has 1 heterocycles. The van der Waals surface area contributed by atoms with Crippen molar-refractivity contribution in [1.29, 1.82) is 0 Å². The minimum atomic E-state index is -0.0455. The lowest BCUT2D eigenvalue weighted by molar-refractivity contribution is -0.125. The number of methoxy groups -OCH3 is 1. The first kappa shape index (κ1) is 15.6. The van der Waals surface area contributed by atoms with Crippen LogP contribution in [0.15, 0.2) is 30.0 Å². The lowest BCUT2D eigenvalue weighted by atomic mass is 10.0. The van der Waals surface area contributed by atoms with Crippen molar-refractivity contribution in [3.63, 3.8) is 0 Å². The minimum absolute atomic E-state index is 0.00379. The first-order valence-electron chi connectivity index (χ1n) is 7.41. The van der Waals surface area contributed by atoms with E-state index in [9.17, 15) is 4.79 Å². The Morgan fingerprint density at radius 3 is 2.67 bits per heavy atom. The summed E-state index contributed by atoms with van der Waals surface area (Å²) >= 11 is 0. The highest BCUT2D eigenvalue weighted by atomic mass is 16.5. The number of hydrogen-bond acceptors (Lipinski definition) is 3. The molecule has 1 aliphatic heterocycles. The van der Waals surface area contributed by atoms with E-state index >= 15 is 0 Å². The van der Waals surface area contributed by atoms with E-state index in [4.69, 9.17) is 9.47 Å². The number of carbonyl (C=O) groups excluding carboxylic acids is 1. The summed E-state index contributed by atoms with van der Waals surface area (Å²) in [6.45, 7) is 4.66. The molecule has 4 heteroatoms. The molecular formula is C17H23NO3. The van der Waals surface area contributed by atoms with Gasteiger partial charge >= 0.3 is 0 Å². The second kappa shape index (κ2) is 7.27. The third-order valence-corrected chi connectivity index (χ3v) is 3.83. The average Bonchev–Trinajstić information content (AvgIpc) is 2.93. The molecule has 0 spiro atoms. The largest absolute Gasteiger partial charge is 0.497 e. The third-order valence-electron chi connectivity index (χ3n) is 3.83. The average molecular weight is 289 g/mol. The van der Waals surface area contributed by atoms with Gasteiger partial charge in [-0.15, -0.1) is 0 Å². The fraction of sp³-hybridized carbons (Fsp3) is 0.471. The van der Waals surface area contributed by atoms with E-state index in [0.29, 0.717) is 6.61 Å². The predicted molar refractivity (Wildman–Crippen MR) is 82.9 cm³/mol. The number of amides is 1. The van der Waals surface area contributed by atoms with Gasteiger partial charge in [0.05, 0.1) is 19.1 Å². The van der Waals surface area contributed by atoms with Crippen LogP contribution in [0.5, 0.6) is 5.75 Å². The van der Waals surface area contributed by atoms with E-state index < -0.39 is 0 Å². The van der Waals surface area contributed by atoms with Gasteiger partial charge in [0.15, 0.2) is 0 Å². The van der Waals surface area contributed by atoms with Gasteiger partial charge < -0.3 is 14.8 Å². The molecule has 2 atom stereocenters. The van der Waals surface area contributed by atoms with Crippen molar-refractivity contribution in [1.82, 2.24) is 5.32 Å². The summed E-state index contributed by atoms with van der Waals surface area (Å²) in [5.74, 6) is 0.837. The number of ether oxygens (including phenoxy) is 2. The Balaban J connectivity index is 2.04. The molecule has 1 saturated heterocycles. The predicted octanol–water partition coefficient (Wildman–Crippen LogP) is 2.99. The zero-order valence-electron chi connectivity index (χ0n) is 12.9. The Bertz CT molecular complexity index is 507. The number of carbonyl (C=O) groups is 1. The molecule has 0 aliphatic carbocycles. The molecule has 2 rings (SSSR count). The quantitative estimate of drug-likeness (QED) is 0.906. The maximum Gasteiger partial charge on any atom is 0.229 e. The molecule has 1 amide bonds. The van der Waals surface area contributed by atoms with Crippen LogP contribution in [0.4, 0.5) is 0 Å². The topological polar surface area (TPSA) is 47.6 Å². The van der Waals surface area contributed by atoms with Gasteiger partial charge in [-0.25, -0.2) is 0 Å². The first-order valence-corrected chi connectivity index (χ1v) is 7.41. The number of allylic oxidation sites excluding steroid dienone is 1. The van der Waals surface area contributed by atoms with E-state index in [0.717, 1.165) is 29.9 Å². The zero-order valence-corrected chi connectivity index (χ0v) is 12.9. The van der Waals surface area contributed by atoms with E-state index in [1.165, 1.54) is 0 Å². The molecule has 114 valence electrons. The van der Waals surface area contributed by atoms with Crippen molar-refractivity contribution in [2.45, 2.75) is 32.8 Å². The Kier molecular flexibility index (Phi) is 5.39. The van der Waals surface area contributed by atoms with Crippen molar-refractivity contribution in [2.75, 3.05) is 13.7 Å². The van der Waals surface area contributed by atoms with E-state index in [2.05, 4.69) is 5.32 Å². The molecular weight excluding hydrogens is 266 g/mol. The summed E-state index contributed by atoms with van der Waals surface area (Å²) in [7, 11) is 1.65. The summed E-state index contributed by atoms with van der Waals surface area (Å²) in [5.41, 5.74) is 1.97. The SMILES string of the molecule is CCC(=Cc1ccc(OC)cc1)NC(=O)C1CCOC1C. The number of rotatable bonds is 5. The maximum absolute atomic E-state index is 12.3. The molecule has 4 nitrogen and oxygen atoms in total. The van der Waals surface area contributed by atoms with Gasteiger partial charge in [0, 0.05) is 12.3 Å². The minimum Gasteiger partial charge on any atom is -0.497 e. The first-order chi connectivity index (χ1) is 10.1. The van der Waals surface area contributed by atoms with E-state index in [1.807, 2.05) is 44.2 Å². The van der Waals surface area contributed by atoms with Crippen LogP contribution in [0, 0.1) is 5.92 Å². The normalized spacial score (nSPS) is 22.1. The molecule has 1 aliphatic rings. The van der Waals surface area contributed by atoms with Crippen molar-refractivity contribution in [3.8, 4) is 5.75 Å². The summed E-state index contributed by atoms with van der Waals surface area (Å²) in [6.07, 6.45) is 3.58. The Morgan fingerprint density at radius 2 is 2.14 bits per heavy atom. The molecule has 0 radical (unpaired) electrons. The summed E-state index contributed by atoms with van der Waals surface area (Å²) < 4.78 is 10.6. The van der Waals surface area contributed by atoms with Crippen molar-refractivity contribution in [2.24, 2.45) is 5.92 Å². The van der Waals surface area contributed by atoms with Crippen molar-refractivity contribution < 1.29 is 14.3 Å². The lowest BCUT2D eigenvalue weighted by Crippen LogP contribution is -2.33. The fourth-order valence-corrected chi connectivity index (χ4v) is 2.45. The molecule has 0 saturated carbocycles. The standard InChI is InChI=1S/C17H23NO3/c1-4-14(11-13-5-7-15(20-3)8-6-13)18-17(19)16-9-10-21-12(16)2/h5-8,11-12,16H,4,9-10H2,1-3H3,(H,18,19). The lowest BCUT2D eigenvalue weighted by Gasteiger charge is -2.15. The van der Waals surface area contributed by atoms with Crippen molar-refractivity contribution in [3.05, 3.63) is 35.5 Å². The number of hydrogen-bond donors (Lipinski definition) is 1. The molecule has 21 heavy (non-hydrogen) atoms. The fourth-order valence-electron chi connectivity index (χ4n) is 2.45. The molecule has 1 N–H and O–H groups in total. The monoisotopic (exact) mass is 289 g/mol. The summed E-state index contributed by atoms with van der Waals surface area (Å²) in [6, 6.07) is 7.77. The van der Waals surface area contributed by atoms with Crippen LogP contribution in [0.2, 0.25) is 0 Å². The van der Waals surface area contributed by atoms with Gasteiger partial charge in [-0.2, -0.15) is 0 Å². The van der Waals surface area contributed by atoms with E-state index in [1.54, 1.807) is 7.11 Å². The van der Waals surface area contributed by atoms with Gasteiger partial charge in [-0.05, 0) is 43.5 Å². The summed E-state index contributed by atoms with van der Waals surface area (Å²) in [5, 5.41) is 3.03. The van der Waals surface area contributed by atoms with Gasteiger partial charge in [0.1, 0.15) is 5.75 Å². The Morgan fingerprint density at radius 1 is 1.43 bits per heavy atom. The van der Waals surface area contributed by atoms with Gasteiger partial charge in [0.2, 0.25) is 5.91 Å². The molecule has 1 aromatic rings. The van der Waals surface area contributed by atoms with Crippen LogP contribution < -0.4 is 10.1 Å². The van der Waals surface area contributed by atoms with Crippen molar-refractivity contribution >= 4 is 12.0 Å². The second-order valence-corrected chi connectivity index (χ2v) is 5.26. The number of benzene rings is 1. The molecule has 1 fully saturated rings. The highest BCUT2D eigenvalue weighted by molar-refractivity contribution is 5.82. The molecule has 2 unspecified atom stereocenters. The van der Waals surface area contributed by atoms with Crippen LogP contribution >= 0.6 is 0 Å². The molecule has 0 bridgehead atoms. The summed E-state index contributed by atoms with van der Waals surface area (Å²) in [4.78, 5) is 12.3. The van der Waals surface area contributed by atoms with Crippen LogP contribution in [0.1, 0.15) is 32.3 Å². The Hall–Kier alpha value is -1.81. The van der Waals surface area contributed by atoms with E-state index in [-0.39, 0.29) is 17.9 Å². The highest BCUT2D eigenvalue weighted by Gasteiger charge is 2.30. The maximum atomic E-state index is 12.3. The van der Waals surface area contributed by atoms with Gasteiger partial charge in [-0.3, -0.25) is 4.79 Å². The number of nitrogens with one attached hydrogen (secondary N) is 1. The van der Waals surface area contributed by atoms with Crippen LogP contribution in [-0.2, 0) is 9.53 Å². The molecule has 0 aromatic heterocycles. The smallest absolute Gasteiger partial charge is 0.229 e. The second-order valence-electron chi connectivity index (χ2n) is 5.26. The van der Waals surface area contributed by atoms with Gasteiger partial charge in [-0.1, -0.05) is 19.1 Å². The van der Waals surface area contributed by atoms with Crippen LogP contribution in [0.25, 0.3) is 6.08 Å². The Labute approximate surface area is 126 Å².